The summed E-state index contributed by atoms with van der Waals surface area (Å²) in [6.07, 6.45) is 3.01. The Morgan fingerprint density at radius 1 is 1.58 bits per heavy atom. The lowest BCUT2D eigenvalue weighted by molar-refractivity contribution is -0.153. The van der Waals surface area contributed by atoms with Crippen LogP contribution in [0.15, 0.2) is 0 Å². The highest BCUT2D eigenvalue weighted by Crippen LogP contribution is 2.61. The van der Waals surface area contributed by atoms with E-state index in [1.54, 1.807) is 0 Å². The number of nitrogens with zero attached hydrogens (tertiary/aromatic N) is 1. The zero-order chi connectivity index (χ0) is 8.34. The second-order valence-corrected chi connectivity index (χ2v) is 4.10. The summed E-state index contributed by atoms with van der Waals surface area (Å²) >= 11 is 0. The van der Waals surface area contributed by atoms with E-state index in [1.165, 1.54) is 0 Å². The summed E-state index contributed by atoms with van der Waals surface area (Å²) < 4.78 is 5.18. The molecule has 4 unspecified atom stereocenters. The van der Waals surface area contributed by atoms with Crippen LogP contribution in [-0.4, -0.2) is 12.1 Å². The number of esters is 1. The van der Waals surface area contributed by atoms with Gasteiger partial charge in [-0.15, -0.1) is 0 Å². The summed E-state index contributed by atoms with van der Waals surface area (Å²) in [5.74, 6) is 0.461. The Bertz CT molecular complexity index is 306. The van der Waals surface area contributed by atoms with E-state index < -0.39 is 5.41 Å². The van der Waals surface area contributed by atoms with E-state index in [0.717, 1.165) is 19.3 Å². The lowest BCUT2D eigenvalue weighted by Crippen LogP contribution is -2.33. The van der Waals surface area contributed by atoms with Crippen molar-refractivity contribution < 1.29 is 9.53 Å². The van der Waals surface area contributed by atoms with E-state index in [9.17, 15) is 4.79 Å². The Hall–Kier alpha value is -1.04. The minimum absolute atomic E-state index is 0.0946. The zero-order valence-electron chi connectivity index (χ0n) is 6.62. The molecule has 0 aromatic carbocycles. The third kappa shape index (κ3) is 0.439. The van der Waals surface area contributed by atoms with Gasteiger partial charge in [-0.3, -0.25) is 4.79 Å². The van der Waals surface area contributed by atoms with Gasteiger partial charge in [0.15, 0.2) is 5.41 Å². The summed E-state index contributed by atoms with van der Waals surface area (Å²) in [6.45, 7) is 0. The van der Waals surface area contributed by atoms with Crippen LogP contribution in [0.4, 0.5) is 0 Å². The maximum atomic E-state index is 11.3. The Balaban J connectivity index is 2.13. The number of carbonyl (C=O) groups is 1. The molecule has 3 nitrogen and oxygen atoms in total. The largest absolute Gasteiger partial charge is 0.461 e. The monoisotopic (exact) mass is 163 g/mol. The van der Waals surface area contributed by atoms with Gasteiger partial charge in [-0.25, -0.2) is 0 Å². The Morgan fingerprint density at radius 3 is 3.00 bits per heavy atom. The minimum Gasteiger partial charge on any atom is -0.461 e. The summed E-state index contributed by atoms with van der Waals surface area (Å²) in [7, 11) is 0. The van der Waals surface area contributed by atoms with Gasteiger partial charge in [0.2, 0.25) is 0 Å². The van der Waals surface area contributed by atoms with Crippen molar-refractivity contribution in [1.82, 2.24) is 0 Å². The van der Waals surface area contributed by atoms with E-state index in [4.69, 9.17) is 10.00 Å². The molecule has 3 heteroatoms. The normalized spacial score (nSPS) is 53.9. The lowest BCUT2D eigenvalue weighted by atomic mass is 9.75. The van der Waals surface area contributed by atoms with Crippen molar-refractivity contribution in [3.8, 4) is 6.07 Å². The zero-order valence-corrected chi connectivity index (χ0v) is 6.62. The van der Waals surface area contributed by atoms with Gasteiger partial charge >= 0.3 is 5.97 Å². The van der Waals surface area contributed by atoms with E-state index in [-0.39, 0.29) is 18.0 Å². The van der Waals surface area contributed by atoms with Crippen LogP contribution in [0.1, 0.15) is 19.3 Å². The molecular weight excluding hydrogens is 154 g/mol. The molecule has 3 rings (SSSR count). The van der Waals surface area contributed by atoms with Gasteiger partial charge in [-0.2, -0.15) is 5.26 Å². The van der Waals surface area contributed by atoms with Crippen molar-refractivity contribution >= 4 is 5.97 Å². The molecule has 0 radical (unpaired) electrons. The molecule has 62 valence electrons. The molecule has 1 saturated heterocycles. The molecule has 0 aromatic rings. The molecule has 3 aliphatic rings. The lowest BCUT2D eigenvalue weighted by Gasteiger charge is -2.25. The van der Waals surface area contributed by atoms with E-state index >= 15 is 0 Å². The van der Waals surface area contributed by atoms with Crippen LogP contribution < -0.4 is 0 Å². The van der Waals surface area contributed by atoms with Crippen LogP contribution in [-0.2, 0) is 9.53 Å². The molecule has 12 heavy (non-hydrogen) atoms. The van der Waals surface area contributed by atoms with Gasteiger partial charge in [0, 0.05) is 5.92 Å². The predicted molar refractivity (Wildman–Crippen MR) is 38.8 cm³/mol. The van der Waals surface area contributed by atoms with E-state index in [2.05, 4.69) is 6.07 Å². The van der Waals surface area contributed by atoms with E-state index in [0.29, 0.717) is 5.92 Å². The van der Waals surface area contributed by atoms with Gasteiger partial charge in [0.05, 0.1) is 6.07 Å². The van der Waals surface area contributed by atoms with Crippen molar-refractivity contribution in [2.24, 2.45) is 17.3 Å². The molecule has 3 fully saturated rings. The molecule has 0 amide bonds. The first kappa shape index (κ1) is 6.47. The van der Waals surface area contributed by atoms with Gasteiger partial charge in [0.1, 0.15) is 6.10 Å². The molecule has 0 spiro atoms. The third-order valence-corrected chi connectivity index (χ3v) is 3.73. The fourth-order valence-electron chi connectivity index (χ4n) is 3.18. The number of hydrogen-bond acceptors (Lipinski definition) is 3. The fourth-order valence-corrected chi connectivity index (χ4v) is 3.18. The van der Waals surface area contributed by atoms with E-state index in [1.807, 2.05) is 0 Å². The van der Waals surface area contributed by atoms with Crippen LogP contribution >= 0.6 is 0 Å². The first-order chi connectivity index (χ1) is 5.78. The number of ether oxygens (including phenoxy) is 1. The molecular formula is C9H9NO2. The average molecular weight is 163 g/mol. The summed E-state index contributed by atoms with van der Waals surface area (Å²) in [4.78, 5) is 11.3. The topological polar surface area (TPSA) is 50.1 Å². The number of rotatable bonds is 0. The van der Waals surface area contributed by atoms with Crippen molar-refractivity contribution in [3.63, 3.8) is 0 Å². The summed E-state index contributed by atoms with van der Waals surface area (Å²) in [6, 6.07) is 2.18. The maximum absolute atomic E-state index is 11.3. The minimum atomic E-state index is -0.729. The van der Waals surface area contributed by atoms with Gasteiger partial charge < -0.3 is 4.74 Å². The molecule has 2 saturated carbocycles. The first-order valence-electron chi connectivity index (χ1n) is 4.40. The predicted octanol–water partition coefficient (Wildman–Crippen LogP) is 0.852. The van der Waals surface area contributed by atoms with Gasteiger partial charge in [-0.1, -0.05) is 0 Å². The number of carbonyl (C=O) groups excluding carboxylic acids is 1. The summed E-state index contributed by atoms with van der Waals surface area (Å²) in [5.41, 5.74) is -0.729. The van der Waals surface area contributed by atoms with Crippen LogP contribution in [0.25, 0.3) is 0 Å². The van der Waals surface area contributed by atoms with Crippen molar-refractivity contribution in [1.29, 1.82) is 5.26 Å². The summed E-state index contributed by atoms with van der Waals surface area (Å²) in [5, 5.41) is 8.98. The van der Waals surface area contributed by atoms with Gasteiger partial charge in [0.25, 0.3) is 0 Å². The van der Waals surface area contributed by atoms with Crippen LogP contribution in [0.5, 0.6) is 0 Å². The molecule has 0 N–H and O–H groups in total. The van der Waals surface area contributed by atoms with Crippen molar-refractivity contribution in [2.45, 2.75) is 25.4 Å². The second kappa shape index (κ2) is 1.66. The Labute approximate surface area is 70.3 Å². The maximum Gasteiger partial charge on any atom is 0.327 e. The van der Waals surface area contributed by atoms with Crippen molar-refractivity contribution in [2.75, 3.05) is 0 Å². The molecule has 4 atom stereocenters. The van der Waals surface area contributed by atoms with Gasteiger partial charge in [-0.05, 0) is 25.2 Å². The third-order valence-electron chi connectivity index (χ3n) is 3.73. The highest BCUT2D eigenvalue weighted by molar-refractivity contribution is 5.84. The van der Waals surface area contributed by atoms with Crippen molar-refractivity contribution in [3.05, 3.63) is 0 Å². The number of hydrogen-bond donors (Lipinski definition) is 0. The average Bonchev–Trinajstić information content (AvgIpc) is 2.68. The van der Waals surface area contributed by atoms with Crippen LogP contribution in [0, 0.1) is 28.6 Å². The molecule has 1 aliphatic heterocycles. The number of nitriles is 1. The SMILES string of the molecule is N#CC12CC3CCC1C3OC2=O. The fraction of sp³-hybridized carbons (Fsp3) is 0.778. The molecule has 2 aliphatic carbocycles. The second-order valence-electron chi connectivity index (χ2n) is 4.10. The first-order valence-corrected chi connectivity index (χ1v) is 4.40. The molecule has 1 heterocycles. The Morgan fingerprint density at radius 2 is 2.42 bits per heavy atom. The Kier molecular flexibility index (Phi) is 0.894. The standard InChI is InChI=1S/C9H9NO2/c10-4-9-3-5-1-2-6(9)7(5)12-8(9)11/h5-7H,1-3H2. The van der Waals surface area contributed by atoms with Crippen LogP contribution in [0.3, 0.4) is 0 Å². The highest BCUT2D eigenvalue weighted by atomic mass is 16.6. The van der Waals surface area contributed by atoms with Crippen LogP contribution in [0.2, 0.25) is 0 Å². The highest BCUT2D eigenvalue weighted by Gasteiger charge is 2.69. The molecule has 4 bridgehead atoms. The quantitative estimate of drug-likeness (QED) is 0.497. The molecule has 0 aromatic heterocycles. The smallest absolute Gasteiger partial charge is 0.327 e.